The molecule has 0 saturated carbocycles. The van der Waals surface area contributed by atoms with Crippen LogP contribution in [0.4, 0.5) is 0 Å². The van der Waals surface area contributed by atoms with Crippen molar-refractivity contribution in [3.05, 3.63) is 93.9 Å². The van der Waals surface area contributed by atoms with Gasteiger partial charge in [0.1, 0.15) is 24.1 Å². The van der Waals surface area contributed by atoms with Crippen LogP contribution in [-0.2, 0) is 20.7 Å². The molecule has 0 aromatic heterocycles. The minimum absolute atomic E-state index is 0.0964. The summed E-state index contributed by atoms with van der Waals surface area (Å²) in [6, 6.07) is 21.6. The van der Waals surface area contributed by atoms with E-state index in [4.69, 9.17) is 25.4 Å². The Morgan fingerprint density at radius 2 is 1.68 bits per heavy atom. The zero-order valence-corrected chi connectivity index (χ0v) is 19.8. The Bertz CT molecular complexity index is 1070. The second kappa shape index (κ2) is 10.8. The molecule has 0 bridgehead atoms. The lowest BCUT2D eigenvalue weighted by molar-refractivity contribution is -0.146. The van der Waals surface area contributed by atoms with Gasteiger partial charge in [-0.15, -0.1) is 0 Å². The van der Waals surface area contributed by atoms with Crippen LogP contribution in [0.2, 0.25) is 5.02 Å². The first kappa shape index (κ1) is 23.4. The van der Waals surface area contributed by atoms with E-state index in [0.717, 1.165) is 5.56 Å². The molecule has 0 saturated heterocycles. The van der Waals surface area contributed by atoms with Crippen molar-refractivity contribution >= 4 is 41.2 Å². The summed E-state index contributed by atoms with van der Waals surface area (Å²) in [5.74, 6) is -0.0474. The van der Waals surface area contributed by atoms with E-state index in [1.165, 1.54) is 6.92 Å². The van der Waals surface area contributed by atoms with Crippen LogP contribution in [0.3, 0.4) is 0 Å². The topological polar surface area (TPSA) is 73.9 Å². The molecule has 0 aliphatic carbocycles. The summed E-state index contributed by atoms with van der Waals surface area (Å²) in [6.45, 7) is 1.62. The zero-order valence-electron chi connectivity index (χ0n) is 16.5. The number of halogens is 2. The van der Waals surface area contributed by atoms with Gasteiger partial charge >= 0.3 is 13.7 Å². The van der Waals surface area contributed by atoms with Gasteiger partial charge in [-0.3, -0.25) is 4.79 Å². The van der Waals surface area contributed by atoms with Crippen LogP contribution in [0.15, 0.2) is 83.3 Å². The first-order valence-electron chi connectivity index (χ1n) is 9.32. The fourth-order valence-corrected chi connectivity index (χ4v) is 4.94. The van der Waals surface area contributed by atoms with E-state index in [1.54, 1.807) is 48.5 Å². The van der Waals surface area contributed by atoms with Crippen molar-refractivity contribution in [3.63, 3.8) is 0 Å². The lowest BCUT2D eigenvalue weighted by atomic mass is 10.2. The van der Waals surface area contributed by atoms with Crippen molar-refractivity contribution in [2.24, 2.45) is 0 Å². The predicted octanol–water partition coefficient (Wildman–Crippen LogP) is 6.39. The van der Waals surface area contributed by atoms with Gasteiger partial charge in [-0.05, 0) is 58.7 Å². The van der Waals surface area contributed by atoms with Gasteiger partial charge in [-0.25, -0.2) is 4.57 Å². The van der Waals surface area contributed by atoms with E-state index >= 15 is 0 Å². The number of esters is 1. The third kappa shape index (κ3) is 7.11. The molecule has 162 valence electrons. The van der Waals surface area contributed by atoms with Gasteiger partial charge in [0.2, 0.25) is 0 Å². The number of nitrogens with one attached hydrogen (secondary N) is 1. The van der Waals surface area contributed by atoms with Crippen molar-refractivity contribution in [1.29, 1.82) is 0 Å². The lowest BCUT2D eigenvalue weighted by Crippen LogP contribution is -2.35. The van der Waals surface area contributed by atoms with E-state index in [9.17, 15) is 9.36 Å². The van der Waals surface area contributed by atoms with Gasteiger partial charge in [0.15, 0.2) is 0 Å². The molecule has 0 aliphatic rings. The fraction of sp³-hybridized carbons (Fsp3) is 0.136. The van der Waals surface area contributed by atoms with Crippen molar-refractivity contribution in [2.45, 2.75) is 19.6 Å². The van der Waals surface area contributed by atoms with Crippen LogP contribution in [0, 0.1) is 0 Å². The Morgan fingerprint density at radius 3 is 2.32 bits per heavy atom. The molecule has 0 radical (unpaired) electrons. The zero-order chi connectivity index (χ0) is 22.3. The number of rotatable bonds is 9. The molecular formula is C22H20BrClNO5P. The van der Waals surface area contributed by atoms with Crippen LogP contribution in [-0.4, -0.2) is 12.0 Å². The molecule has 3 aromatic rings. The molecular weight excluding hydrogens is 505 g/mol. The van der Waals surface area contributed by atoms with E-state index in [2.05, 4.69) is 21.0 Å². The van der Waals surface area contributed by atoms with E-state index in [0.29, 0.717) is 15.2 Å². The molecule has 3 aromatic carbocycles. The molecule has 1 N–H and O–H groups in total. The van der Waals surface area contributed by atoms with Crippen LogP contribution in [0.1, 0.15) is 12.5 Å². The second-order valence-corrected chi connectivity index (χ2v) is 9.42. The number of ether oxygens (including phenoxy) is 1. The lowest BCUT2D eigenvalue weighted by Gasteiger charge is -2.23. The van der Waals surface area contributed by atoms with Gasteiger partial charge < -0.3 is 13.8 Å². The molecule has 6 nitrogen and oxygen atoms in total. The third-order valence-electron chi connectivity index (χ3n) is 4.01. The number of carbonyl (C=O) groups is 1. The van der Waals surface area contributed by atoms with E-state index in [-0.39, 0.29) is 12.4 Å². The van der Waals surface area contributed by atoms with Gasteiger partial charge in [-0.2, -0.15) is 5.09 Å². The fourth-order valence-electron chi connectivity index (χ4n) is 2.51. The van der Waals surface area contributed by atoms with Crippen molar-refractivity contribution in [2.75, 3.05) is 0 Å². The Labute approximate surface area is 194 Å². The molecule has 0 heterocycles. The molecule has 31 heavy (non-hydrogen) atoms. The molecule has 0 spiro atoms. The standard InChI is InChI=1S/C22H20BrClNO5P/c1-16(22(26)28-15-17-8-4-2-5-9-17)25-31(27,29-19-10-6-3-7-11-19)30-21-13-12-18(24)14-20(21)23/h2-14,16H,15H2,1H3,(H,25,27)/t16-,31?/m0/s1. The summed E-state index contributed by atoms with van der Waals surface area (Å²) >= 11 is 9.29. The Hall–Kier alpha value is -2.31. The van der Waals surface area contributed by atoms with Crippen LogP contribution < -0.4 is 14.1 Å². The average Bonchev–Trinajstić information content (AvgIpc) is 2.75. The highest BCUT2D eigenvalue weighted by Gasteiger charge is 2.34. The second-order valence-electron chi connectivity index (χ2n) is 6.51. The summed E-state index contributed by atoms with van der Waals surface area (Å²) in [5.41, 5.74) is 0.841. The molecule has 0 aliphatic heterocycles. The van der Waals surface area contributed by atoms with Crippen LogP contribution >= 0.6 is 35.3 Å². The molecule has 0 amide bonds. The largest absolute Gasteiger partial charge is 0.513 e. The Morgan fingerprint density at radius 1 is 1.03 bits per heavy atom. The molecule has 0 fully saturated rings. The van der Waals surface area contributed by atoms with Gasteiger partial charge in [0, 0.05) is 5.02 Å². The molecule has 9 heteroatoms. The number of benzene rings is 3. The summed E-state index contributed by atoms with van der Waals surface area (Å²) in [5, 5.41) is 3.13. The first-order chi connectivity index (χ1) is 14.8. The minimum Gasteiger partial charge on any atom is -0.460 e. The highest BCUT2D eigenvalue weighted by Crippen LogP contribution is 2.47. The van der Waals surface area contributed by atoms with Crippen molar-refractivity contribution in [1.82, 2.24) is 5.09 Å². The monoisotopic (exact) mass is 523 g/mol. The van der Waals surface area contributed by atoms with Crippen LogP contribution in [0.25, 0.3) is 0 Å². The molecule has 1 unspecified atom stereocenters. The van der Waals surface area contributed by atoms with Gasteiger partial charge in [0.25, 0.3) is 0 Å². The molecule has 2 atom stereocenters. The maximum absolute atomic E-state index is 13.6. The Kier molecular flexibility index (Phi) is 8.15. The summed E-state index contributed by atoms with van der Waals surface area (Å²) < 4.78 is 30.7. The highest BCUT2D eigenvalue weighted by molar-refractivity contribution is 9.10. The number of hydrogen-bond acceptors (Lipinski definition) is 5. The smallest absolute Gasteiger partial charge is 0.460 e. The van der Waals surface area contributed by atoms with E-state index < -0.39 is 19.8 Å². The van der Waals surface area contributed by atoms with Crippen molar-refractivity contribution < 1.29 is 23.1 Å². The minimum atomic E-state index is -4.03. The molecule has 3 rings (SSSR count). The number of carbonyl (C=O) groups excluding carboxylic acids is 1. The van der Waals surface area contributed by atoms with Crippen molar-refractivity contribution in [3.8, 4) is 11.5 Å². The van der Waals surface area contributed by atoms with Gasteiger partial charge in [-0.1, -0.05) is 60.1 Å². The summed E-state index contributed by atoms with van der Waals surface area (Å²) in [4.78, 5) is 12.5. The Balaban J connectivity index is 1.75. The SMILES string of the molecule is C[C@H](NP(=O)(Oc1ccccc1)Oc1ccc(Cl)cc1Br)C(=O)OCc1ccccc1. The van der Waals surface area contributed by atoms with Crippen LogP contribution in [0.5, 0.6) is 11.5 Å². The summed E-state index contributed by atoms with van der Waals surface area (Å²) in [7, 11) is -4.03. The predicted molar refractivity (Wildman–Crippen MR) is 123 cm³/mol. The normalized spacial score (nSPS) is 13.6. The van der Waals surface area contributed by atoms with E-state index in [1.807, 2.05) is 30.3 Å². The quantitative estimate of drug-likeness (QED) is 0.258. The maximum atomic E-state index is 13.6. The number of para-hydroxylation sites is 1. The van der Waals surface area contributed by atoms with Gasteiger partial charge in [0.05, 0.1) is 4.47 Å². The maximum Gasteiger partial charge on any atom is 0.513 e. The summed E-state index contributed by atoms with van der Waals surface area (Å²) in [6.07, 6.45) is 0. The third-order valence-corrected chi connectivity index (χ3v) is 6.46. The average molecular weight is 525 g/mol. The number of hydrogen-bond donors (Lipinski definition) is 1. The first-order valence-corrected chi connectivity index (χ1v) is 12.0. The highest BCUT2D eigenvalue weighted by atomic mass is 79.9.